The molecule has 3 nitrogen and oxygen atoms in total. The molecule has 0 radical (unpaired) electrons. The van der Waals surface area contributed by atoms with Crippen molar-refractivity contribution >= 4 is 5.69 Å². The standard InChI is InChI=1S/C20H22F3NO2/c21-20(22,23)18-12-17(26-14-16-4-2-1-3-5-16)6-7-19(18)24-10-8-15(13-25)9-11-24/h1-7,12,15,25H,8-11,13-14H2. The third kappa shape index (κ3) is 4.49. The Hall–Kier alpha value is -2.21. The summed E-state index contributed by atoms with van der Waals surface area (Å²) in [6, 6.07) is 13.5. The van der Waals surface area contributed by atoms with Crippen LogP contribution in [0.4, 0.5) is 18.9 Å². The molecule has 2 aromatic carbocycles. The van der Waals surface area contributed by atoms with Gasteiger partial charge in [0.05, 0.1) is 5.56 Å². The number of nitrogens with zero attached hydrogens (tertiary/aromatic N) is 1. The first-order valence-electron chi connectivity index (χ1n) is 8.71. The van der Waals surface area contributed by atoms with Crippen LogP contribution in [-0.4, -0.2) is 24.8 Å². The van der Waals surface area contributed by atoms with E-state index < -0.39 is 11.7 Å². The third-order valence-corrected chi connectivity index (χ3v) is 4.74. The van der Waals surface area contributed by atoms with E-state index in [4.69, 9.17) is 4.74 Å². The van der Waals surface area contributed by atoms with E-state index in [-0.39, 0.29) is 30.6 Å². The molecule has 0 aliphatic carbocycles. The molecule has 1 aliphatic rings. The average molecular weight is 365 g/mol. The summed E-state index contributed by atoms with van der Waals surface area (Å²) in [6.45, 7) is 1.34. The van der Waals surface area contributed by atoms with E-state index in [2.05, 4.69) is 0 Å². The Morgan fingerprint density at radius 1 is 1.04 bits per heavy atom. The molecule has 1 N–H and O–H groups in total. The Morgan fingerprint density at radius 2 is 1.73 bits per heavy atom. The van der Waals surface area contributed by atoms with Crippen molar-refractivity contribution in [3.05, 3.63) is 59.7 Å². The molecule has 6 heteroatoms. The van der Waals surface area contributed by atoms with Crippen molar-refractivity contribution in [1.82, 2.24) is 0 Å². The van der Waals surface area contributed by atoms with Crippen molar-refractivity contribution in [3.8, 4) is 5.75 Å². The van der Waals surface area contributed by atoms with Crippen molar-refractivity contribution in [1.29, 1.82) is 0 Å². The average Bonchev–Trinajstić information content (AvgIpc) is 2.66. The van der Waals surface area contributed by atoms with Crippen LogP contribution in [0.5, 0.6) is 5.75 Å². The van der Waals surface area contributed by atoms with Crippen LogP contribution < -0.4 is 9.64 Å². The van der Waals surface area contributed by atoms with Crippen LogP contribution in [0.25, 0.3) is 0 Å². The highest BCUT2D eigenvalue weighted by atomic mass is 19.4. The minimum atomic E-state index is -4.45. The van der Waals surface area contributed by atoms with E-state index in [1.807, 2.05) is 30.3 Å². The second-order valence-electron chi connectivity index (χ2n) is 6.56. The molecular weight excluding hydrogens is 343 g/mol. The van der Waals surface area contributed by atoms with Gasteiger partial charge in [-0.05, 0) is 42.5 Å². The SMILES string of the molecule is OCC1CCN(c2ccc(OCc3ccccc3)cc2C(F)(F)F)CC1. The smallest absolute Gasteiger partial charge is 0.418 e. The second kappa shape index (κ2) is 7.99. The summed E-state index contributed by atoms with van der Waals surface area (Å²) in [4.78, 5) is 1.75. The van der Waals surface area contributed by atoms with Gasteiger partial charge >= 0.3 is 6.18 Å². The van der Waals surface area contributed by atoms with Crippen LogP contribution in [0.2, 0.25) is 0 Å². The molecule has 0 saturated carbocycles. The van der Waals surface area contributed by atoms with E-state index in [1.165, 1.54) is 6.07 Å². The quantitative estimate of drug-likeness (QED) is 0.847. The summed E-state index contributed by atoms with van der Waals surface area (Å²) in [6.07, 6.45) is -3.06. The van der Waals surface area contributed by atoms with E-state index in [9.17, 15) is 18.3 Å². The zero-order chi connectivity index (χ0) is 18.6. The maximum Gasteiger partial charge on any atom is 0.418 e. The van der Waals surface area contributed by atoms with Crippen LogP contribution >= 0.6 is 0 Å². The highest BCUT2D eigenvalue weighted by Crippen LogP contribution is 2.40. The maximum atomic E-state index is 13.6. The molecule has 0 amide bonds. The lowest BCUT2D eigenvalue weighted by atomic mass is 9.96. The third-order valence-electron chi connectivity index (χ3n) is 4.74. The number of aliphatic hydroxyl groups excluding tert-OH is 1. The van der Waals surface area contributed by atoms with Gasteiger partial charge < -0.3 is 14.7 Å². The highest BCUT2D eigenvalue weighted by molar-refractivity contribution is 5.58. The molecule has 0 unspecified atom stereocenters. The normalized spacial score (nSPS) is 15.9. The zero-order valence-electron chi connectivity index (χ0n) is 14.4. The van der Waals surface area contributed by atoms with Crippen LogP contribution in [0, 0.1) is 5.92 Å². The summed E-state index contributed by atoms with van der Waals surface area (Å²) in [5.74, 6) is 0.379. The maximum absolute atomic E-state index is 13.6. The summed E-state index contributed by atoms with van der Waals surface area (Å²) < 4.78 is 46.3. The van der Waals surface area contributed by atoms with Crippen LogP contribution in [0.1, 0.15) is 24.0 Å². The fraction of sp³-hybridized carbons (Fsp3) is 0.400. The fourth-order valence-corrected chi connectivity index (χ4v) is 3.21. The second-order valence-corrected chi connectivity index (χ2v) is 6.56. The number of rotatable bonds is 5. The topological polar surface area (TPSA) is 32.7 Å². The molecule has 0 bridgehead atoms. The number of hydrogen-bond acceptors (Lipinski definition) is 3. The monoisotopic (exact) mass is 365 g/mol. The summed E-state index contributed by atoms with van der Waals surface area (Å²) in [5.41, 5.74) is 0.405. The Kier molecular flexibility index (Phi) is 5.71. The van der Waals surface area contributed by atoms with Crippen molar-refractivity contribution in [3.63, 3.8) is 0 Å². The minimum absolute atomic E-state index is 0.0895. The largest absolute Gasteiger partial charge is 0.489 e. The van der Waals surface area contributed by atoms with Crippen molar-refractivity contribution < 1.29 is 23.0 Å². The lowest BCUT2D eigenvalue weighted by molar-refractivity contribution is -0.137. The molecule has 0 aromatic heterocycles. The van der Waals surface area contributed by atoms with E-state index in [0.29, 0.717) is 25.9 Å². The highest BCUT2D eigenvalue weighted by Gasteiger charge is 2.36. The van der Waals surface area contributed by atoms with Crippen molar-refractivity contribution in [2.75, 3.05) is 24.6 Å². The lowest BCUT2D eigenvalue weighted by Gasteiger charge is -2.34. The number of halogens is 3. The molecule has 1 saturated heterocycles. The van der Waals surface area contributed by atoms with Gasteiger partial charge in [-0.2, -0.15) is 13.2 Å². The lowest BCUT2D eigenvalue weighted by Crippen LogP contribution is -2.36. The first-order valence-corrected chi connectivity index (χ1v) is 8.71. The van der Waals surface area contributed by atoms with Crippen LogP contribution in [0.15, 0.2) is 48.5 Å². The molecule has 0 spiro atoms. The van der Waals surface area contributed by atoms with E-state index in [0.717, 1.165) is 11.6 Å². The molecule has 0 atom stereocenters. The first kappa shape index (κ1) is 18.6. The summed E-state index contributed by atoms with van der Waals surface area (Å²) in [5, 5.41) is 9.21. The molecule has 2 aromatic rings. The number of alkyl halides is 3. The summed E-state index contributed by atoms with van der Waals surface area (Å²) in [7, 11) is 0. The number of hydrogen-bond donors (Lipinski definition) is 1. The molecular formula is C20H22F3NO2. The van der Waals surface area contributed by atoms with Crippen molar-refractivity contribution in [2.24, 2.45) is 5.92 Å². The van der Waals surface area contributed by atoms with Gasteiger partial charge in [-0.1, -0.05) is 30.3 Å². The predicted octanol–water partition coefficient (Wildman–Crippen LogP) is 4.49. The molecule has 1 heterocycles. The fourth-order valence-electron chi connectivity index (χ4n) is 3.21. The number of anilines is 1. The number of benzene rings is 2. The zero-order valence-corrected chi connectivity index (χ0v) is 14.4. The van der Waals surface area contributed by atoms with Gasteiger partial charge in [-0.15, -0.1) is 0 Å². The Morgan fingerprint density at radius 3 is 2.35 bits per heavy atom. The summed E-state index contributed by atoms with van der Waals surface area (Å²) >= 11 is 0. The Bertz CT molecular complexity index is 711. The van der Waals surface area contributed by atoms with Crippen molar-refractivity contribution in [2.45, 2.75) is 25.6 Å². The van der Waals surface area contributed by atoms with Gasteiger partial charge in [-0.3, -0.25) is 0 Å². The molecule has 26 heavy (non-hydrogen) atoms. The Balaban J connectivity index is 1.78. The first-order chi connectivity index (χ1) is 12.5. The Labute approximate surface area is 151 Å². The van der Waals surface area contributed by atoms with Gasteiger partial charge in [0.25, 0.3) is 0 Å². The van der Waals surface area contributed by atoms with Gasteiger partial charge in [0.15, 0.2) is 0 Å². The van der Waals surface area contributed by atoms with E-state index in [1.54, 1.807) is 11.0 Å². The number of piperidine rings is 1. The van der Waals surface area contributed by atoms with Gasteiger partial charge in [0.2, 0.25) is 0 Å². The van der Waals surface area contributed by atoms with E-state index >= 15 is 0 Å². The van der Waals surface area contributed by atoms with Crippen LogP contribution in [-0.2, 0) is 12.8 Å². The number of ether oxygens (including phenoxy) is 1. The van der Waals surface area contributed by atoms with Crippen LogP contribution in [0.3, 0.4) is 0 Å². The minimum Gasteiger partial charge on any atom is -0.489 e. The molecule has 140 valence electrons. The molecule has 3 rings (SSSR count). The molecule has 1 aliphatic heterocycles. The van der Waals surface area contributed by atoms with Gasteiger partial charge in [-0.25, -0.2) is 0 Å². The van der Waals surface area contributed by atoms with Gasteiger partial charge in [0, 0.05) is 25.4 Å². The molecule has 1 fully saturated rings. The number of aliphatic hydroxyl groups is 1. The van der Waals surface area contributed by atoms with Gasteiger partial charge in [0.1, 0.15) is 12.4 Å². The predicted molar refractivity (Wildman–Crippen MR) is 94.2 cm³/mol.